The first kappa shape index (κ1) is 31.7. The van der Waals surface area contributed by atoms with Gasteiger partial charge in [-0.25, -0.2) is 15.3 Å². The molecule has 14 heteroatoms. The molecule has 0 radical (unpaired) electrons. The van der Waals surface area contributed by atoms with E-state index in [4.69, 9.17) is 23.8 Å². The molecule has 0 spiro atoms. The van der Waals surface area contributed by atoms with Crippen molar-refractivity contribution in [1.82, 2.24) is 5.48 Å². The molecule has 0 aliphatic heterocycles. The molecule has 12 nitrogen and oxygen atoms in total. The van der Waals surface area contributed by atoms with Crippen LogP contribution in [0.1, 0.15) is 11.7 Å². The van der Waals surface area contributed by atoms with Crippen LogP contribution in [0.25, 0.3) is 22.3 Å². The van der Waals surface area contributed by atoms with E-state index in [1.165, 1.54) is 42.3 Å². The summed E-state index contributed by atoms with van der Waals surface area (Å²) in [7, 11) is 0. The molecule has 0 saturated carbocycles. The number of phenols is 1. The number of halogens is 1. The molecular formula is C29H31FN4O8S. The predicted molar refractivity (Wildman–Crippen MR) is 160 cm³/mol. The summed E-state index contributed by atoms with van der Waals surface area (Å²) >= 11 is 1.37. The molecular weight excluding hydrogens is 583 g/mol. The standard InChI is InChI=1S/C29H31FN4O8S/c1-43-34(11-12-39-13-14-40-15-16-41-28(29(36)32-37)19-5-3-2-4-6-19)23-18-25-22(17-24(23)35)26(31-33-38)27(42-25)20-7-9-21(30)10-8-20/h2-10,17-18,28,35,37H,11-16H2,1H3,(H,31,38)(H,32,36). The van der Waals surface area contributed by atoms with Crippen molar-refractivity contribution in [2.75, 3.05) is 55.6 Å². The smallest absolute Gasteiger partial charge is 0.277 e. The number of ether oxygens (including phenoxy) is 3. The minimum Gasteiger partial charge on any atom is -0.506 e. The highest BCUT2D eigenvalue weighted by molar-refractivity contribution is 8.00. The van der Waals surface area contributed by atoms with Crippen molar-refractivity contribution in [3.05, 3.63) is 83.0 Å². The van der Waals surface area contributed by atoms with E-state index in [1.54, 1.807) is 35.8 Å². The first-order valence-corrected chi connectivity index (χ1v) is 14.4. The SMILES string of the molecule is CSN(CCOCCOCCOC(C(=O)NO)c1ccccc1)c1cc2oc(-c3ccc(F)cc3)c(NN=O)c2cc1O. The van der Waals surface area contributed by atoms with Crippen molar-refractivity contribution in [3.63, 3.8) is 0 Å². The Labute approximate surface area is 250 Å². The molecule has 1 aromatic heterocycles. The molecule has 4 rings (SSSR count). The number of hydrogen-bond donors (Lipinski definition) is 4. The van der Waals surface area contributed by atoms with E-state index >= 15 is 0 Å². The third-order valence-corrected chi connectivity index (χ3v) is 7.13. The number of fused-ring (bicyclic) bond motifs is 1. The van der Waals surface area contributed by atoms with Crippen LogP contribution in [-0.2, 0) is 19.0 Å². The Bertz CT molecular complexity index is 1490. The summed E-state index contributed by atoms with van der Waals surface area (Å²) in [6.45, 7) is 1.69. The van der Waals surface area contributed by atoms with Crippen LogP contribution in [-0.4, -0.2) is 62.1 Å². The fraction of sp³-hybridized carbons (Fsp3) is 0.276. The van der Waals surface area contributed by atoms with Crippen LogP contribution < -0.4 is 15.2 Å². The van der Waals surface area contributed by atoms with Crippen molar-refractivity contribution in [3.8, 4) is 17.1 Å². The monoisotopic (exact) mass is 614 g/mol. The summed E-state index contributed by atoms with van der Waals surface area (Å²) in [5.41, 5.74) is 6.24. The highest BCUT2D eigenvalue weighted by Gasteiger charge is 2.22. The summed E-state index contributed by atoms with van der Waals surface area (Å²) in [5.74, 6) is -0.853. The zero-order chi connectivity index (χ0) is 30.6. The summed E-state index contributed by atoms with van der Waals surface area (Å²) in [6.07, 6.45) is 0.890. The van der Waals surface area contributed by atoms with Gasteiger partial charge in [-0.05, 0) is 35.9 Å². The lowest BCUT2D eigenvalue weighted by atomic mass is 10.1. The summed E-state index contributed by atoms with van der Waals surface area (Å²) in [5, 5.41) is 23.0. The Morgan fingerprint density at radius 3 is 2.42 bits per heavy atom. The van der Waals surface area contributed by atoms with E-state index in [0.29, 0.717) is 54.1 Å². The highest BCUT2D eigenvalue weighted by atomic mass is 32.2. The van der Waals surface area contributed by atoms with Crippen LogP contribution in [0.15, 0.2) is 76.4 Å². The van der Waals surface area contributed by atoms with Crippen LogP contribution in [0.4, 0.5) is 15.8 Å². The molecule has 1 amide bonds. The first-order chi connectivity index (χ1) is 21.0. The number of benzene rings is 3. The third-order valence-electron chi connectivity index (χ3n) is 6.31. The van der Waals surface area contributed by atoms with Gasteiger partial charge in [-0.1, -0.05) is 42.3 Å². The average Bonchev–Trinajstić information content (AvgIpc) is 3.37. The maximum absolute atomic E-state index is 13.4. The van der Waals surface area contributed by atoms with E-state index in [2.05, 4.69) is 10.7 Å². The lowest BCUT2D eigenvalue weighted by Gasteiger charge is -2.22. The van der Waals surface area contributed by atoms with Gasteiger partial charge < -0.3 is 28.0 Å². The molecule has 228 valence electrons. The summed E-state index contributed by atoms with van der Waals surface area (Å²) < 4.78 is 38.0. The molecule has 4 aromatic rings. The van der Waals surface area contributed by atoms with Crippen LogP contribution >= 0.6 is 11.9 Å². The number of nitrogens with one attached hydrogen (secondary N) is 2. The van der Waals surface area contributed by atoms with Gasteiger partial charge in [0.25, 0.3) is 5.91 Å². The molecule has 0 bridgehead atoms. The molecule has 43 heavy (non-hydrogen) atoms. The summed E-state index contributed by atoms with van der Waals surface area (Å²) in [6, 6.07) is 17.5. The number of amides is 1. The maximum Gasteiger partial charge on any atom is 0.277 e. The normalized spacial score (nSPS) is 11.8. The Kier molecular flexibility index (Phi) is 11.7. The number of anilines is 2. The second-order valence-corrected chi connectivity index (χ2v) is 9.81. The van der Waals surface area contributed by atoms with Crippen molar-refractivity contribution in [2.45, 2.75) is 6.10 Å². The molecule has 1 heterocycles. The van der Waals surface area contributed by atoms with Crippen molar-refractivity contribution < 1.29 is 38.1 Å². The zero-order valence-corrected chi connectivity index (χ0v) is 24.0. The lowest BCUT2D eigenvalue weighted by molar-refractivity contribution is -0.143. The number of hydroxylamine groups is 1. The van der Waals surface area contributed by atoms with Gasteiger partial charge in [-0.2, -0.15) is 0 Å². The van der Waals surface area contributed by atoms with Crippen molar-refractivity contribution in [1.29, 1.82) is 0 Å². The topological polar surface area (TPSA) is 155 Å². The molecule has 1 unspecified atom stereocenters. The largest absolute Gasteiger partial charge is 0.506 e. The van der Waals surface area contributed by atoms with Crippen molar-refractivity contribution in [2.24, 2.45) is 5.29 Å². The van der Waals surface area contributed by atoms with Gasteiger partial charge in [0.1, 0.15) is 22.8 Å². The van der Waals surface area contributed by atoms with Crippen LogP contribution in [0.5, 0.6) is 5.75 Å². The fourth-order valence-electron chi connectivity index (χ4n) is 4.30. The quantitative estimate of drug-likeness (QED) is 0.0396. The lowest BCUT2D eigenvalue weighted by Crippen LogP contribution is -2.29. The molecule has 0 aliphatic rings. The van der Waals surface area contributed by atoms with Gasteiger partial charge in [0, 0.05) is 17.9 Å². The van der Waals surface area contributed by atoms with E-state index in [0.717, 1.165) is 0 Å². The van der Waals surface area contributed by atoms with Gasteiger partial charge in [-0.15, -0.1) is 4.91 Å². The molecule has 0 aliphatic carbocycles. The molecule has 1 atom stereocenters. The highest BCUT2D eigenvalue weighted by Crippen LogP contribution is 2.43. The fourth-order valence-corrected chi connectivity index (χ4v) is 4.90. The number of aromatic hydroxyl groups is 1. The zero-order valence-electron chi connectivity index (χ0n) is 23.2. The van der Waals surface area contributed by atoms with Crippen molar-refractivity contribution >= 4 is 40.2 Å². The minimum atomic E-state index is -0.959. The third kappa shape index (κ3) is 8.21. The second-order valence-electron chi connectivity index (χ2n) is 9.00. The predicted octanol–water partition coefficient (Wildman–Crippen LogP) is 5.42. The van der Waals surface area contributed by atoms with E-state index in [9.17, 15) is 19.2 Å². The second kappa shape index (κ2) is 15.9. The number of carbonyl (C=O) groups excluding carboxylic acids is 1. The van der Waals surface area contributed by atoms with Crippen LogP contribution in [0, 0.1) is 10.7 Å². The number of phenolic OH excluding ortho intramolecular Hbond substituents is 1. The Hall–Kier alpha value is -4.21. The Morgan fingerprint density at radius 2 is 1.74 bits per heavy atom. The van der Waals surface area contributed by atoms with Crippen LogP contribution in [0.2, 0.25) is 0 Å². The average molecular weight is 615 g/mol. The van der Waals surface area contributed by atoms with Gasteiger partial charge in [0.2, 0.25) is 0 Å². The van der Waals surface area contributed by atoms with Crippen LogP contribution in [0.3, 0.4) is 0 Å². The molecule has 0 fully saturated rings. The van der Waals surface area contributed by atoms with Gasteiger partial charge >= 0.3 is 0 Å². The Balaban J connectivity index is 1.27. The number of carbonyl (C=O) groups is 1. The van der Waals surface area contributed by atoms with Gasteiger partial charge in [0.15, 0.2) is 11.9 Å². The van der Waals surface area contributed by atoms with Gasteiger partial charge in [-0.3, -0.25) is 10.0 Å². The molecule has 3 aromatic carbocycles. The minimum absolute atomic E-state index is 0.0470. The Morgan fingerprint density at radius 1 is 1.05 bits per heavy atom. The van der Waals surface area contributed by atoms with E-state index in [-0.39, 0.29) is 30.4 Å². The first-order valence-electron chi connectivity index (χ1n) is 13.2. The number of hydrogen-bond acceptors (Lipinski definition) is 11. The summed E-state index contributed by atoms with van der Waals surface area (Å²) in [4.78, 5) is 23.0. The number of nitroso groups, excluding NO2 is 1. The molecule has 4 N–H and O–H groups in total. The van der Waals surface area contributed by atoms with Gasteiger partial charge in [0.05, 0.1) is 55.9 Å². The number of furan rings is 1. The molecule has 0 saturated heterocycles. The number of rotatable bonds is 17. The van der Waals surface area contributed by atoms with E-state index < -0.39 is 17.8 Å². The van der Waals surface area contributed by atoms with E-state index in [1.807, 2.05) is 16.6 Å². The maximum atomic E-state index is 13.4. The number of nitrogens with zero attached hydrogens (tertiary/aromatic N) is 2.